The van der Waals surface area contributed by atoms with Crippen LogP contribution in [-0.2, 0) is 4.79 Å². The van der Waals surface area contributed by atoms with E-state index in [2.05, 4.69) is 16.0 Å². The van der Waals surface area contributed by atoms with Gasteiger partial charge < -0.3 is 20.7 Å². The number of para-hydroxylation sites is 1. The summed E-state index contributed by atoms with van der Waals surface area (Å²) in [4.78, 5) is 24.3. The molecule has 3 aromatic carbocycles. The van der Waals surface area contributed by atoms with Gasteiger partial charge >= 0.3 is 6.03 Å². The molecule has 0 heterocycles. The van der Waals surface area contributed by atoms with Crippen LogP contribution >= 0.6 is 0 Å². The highest BCUT2D eigenvalue weighted by atomic mass is 16.5. The predicted octanol–water partition coefficient (Wildman–Crippen LogP) is 5.38. The molecule has 0 aliphatic heterocycles. The van der Waals surface area contributed by atoms with Crippen molar-refractivity contribution in [2.24, 2.45) is 0 Å². The summed E-state index contributed by atoms with van der Waals surface area (Å²) in [6, 6.07) is 23.2. The van der Waals surface area contributed by atoms with Gasteiger partial charge in [0.25, 0.3) is 0 Å². The third-order valence-corrected chi connectivity index (χ3v) is 4.04. The Morgan fingerprint density at radius 2 is 1.43 bits per heavy atom. The zero-order valence-electron chi connectivity index (χ0n) is 16.6. The summed E-state index contributed by atoms with van der Waals surface area (Å²) in [6.07, 6.45) is 3.18. The van der Waals surface area contributed by atoms with Crippen molar-refractivity contribution >= 4 is 35.1 Å². The quantitative estimate of drug-likeness (QED) is 0.465. The van der Waals surface area contributed by atoms with Crippen molar-refractivity contribution in [1.29, 1.82) is 0 Å². The highest BCUT2D eigenvalue weighted by Gasteiger charge is 2.04. The normalized spacial score (nSPS) is 10.4. The molecule has 3 N–H and O–H groups in total. The van der Waals surface area contributed by atoms with Gasteiger partial charge in [-0.3, -0.25) is 4.79 Å². The molecular weight excluding hydrogens is 378 g/mol. The summed E-state index contributed by atoms with van der Waals surface area (Å²) in [5, 5.41) is 8.27. The zero-order valence-corrected chi connectivity index (χ0v) is 16.6. The number of hydrogen-bond donors (Lipinski definition) is 3. The molecule has 0 radical (unpaired) electrons. The van der Waals surface area contributed by atoms with Crippen LogP contribution in [0, 0.1) is 0 Å². The molecule has 0 atom stereocenters. The van der Waals surface area contributed by atoms with Crippen LogP contribution in [0.4, 0.5) is 21.9 Å². The van der Waals surface area contributed by atoms with Crippen molar-refractivity contribution in [1.82, 2.24) is 0 Å². The van der Waals surface area contributed by atoms with E-state index in [1.54, 1.807) is 42.5 Å². The summed E-state index contributed by atoms with van der Waals surface area (Å²) in [5.41, 5.74) is 2.73. The van der Waals surface area contributed by atoms with Gasteiger partial charge in [0, 0.05) is 23.1 Å². The minimum Gasteiger partial charge on any atom is -0.494 e. The van der Waals surface area contributed by atoms with Crippen molar-refractivity contribution in [3.8, 4) is 5.75 Å². The molecule has 0 aliphatic carbocycles. The third-order valence-electron chi connectivity index (χ3n) is 4.04. The molecule has 0 saturated heterocycles. The average molecular weight is 401 g/mol. The van der Waals surface area contributed by atoms with Gasteiger partial charge in [0.15, 0.2) is 0 Å². The summed E-state index contributed by atoms with van der Waals surface area (Å²) in [7, 11) is 0. The predicted molar refractivity (Wildman–Crippen MR) is 121 cm³/mol. The number of hydrogen-bond acceptors (Lipinski definition) is 3. The van der Waals surface area contributed by atoms with E-state index >= 15 is 0 Å². The van der Waals surface area contributed by atoms with Crippen LogP contribution in [0.25, 0.3) is 6.08 Å². The number of nitrogens with one attached hydrogen (secondary N) is 3. The number of amides is 3. The smallest absolute Gasteiger partial charge is 0.323 e. The van der Waals surface area contributed by atoms with E-state index in [1.165, 1.54) is 6.08 Å². The maximum Gasteiger partial charge on any atom is 0.323 e. The van der Waals surface area contributed by atoms with Crippen LogP contribution in [0.3, 0.4) is 0 Å². The van der Waals surface area contributed by atoms with Crippen LogP contribution in [0.15, 0.2) is 84.9 Å². The van der Waals surface area contributed by atoms with Crippen LogP contribution in [0.2, 0.25) is 0 Å². The highest BCUT2D eigenvalue weighted by Crippen LogP contribution is 2.17. The Morgan fingerprint density at radius 1 is 0.800 bits per heavy atom. The number of ether oxygens (including phenoxy) is 1. The minimum absolute atomic E-state index is 0.269. The number of benzene rings is 3. The molecule has 3 aromatic rings. The number of urea groups is 1. The summed E-state index contributed by atoms with van der Waals surface area (Å²) in [5.74, 6) is 0.523. The van der Waals surface area contributed by atoms with Crippen molar-refractivity contribution < 1.29 is 14.3 Å². The van der Waals surface area contributed by atoms with E-state index in [-0.39, 0.29) is 11.9 Å². The topological polar surface area (TPSA) is 79.5 Å². The van der Waals surface area contributed by atoms with Gasteiger partial charge in [-0.2, -0.15) is 0 Å². The van der Waals surface area contributed by atoms with Crippen molar-refractivity contribution in [3.05, 3.63) is 90.5 Å². The molecule has 0 unspecified atom stereocenters. The lowest BCUT2D eigenvalue weighted by Crippen LogP contribution is -2.19. The van der Waals surface area contributed by atoms with Crippen molar-refractivity contribution in [3.63, 3.8) is 0 Å². The van der Waals surface area contributed by atoms with Gasteiger partial charge in [-0.1, -0.05) is 36.4 Å². The number of rotatable bonds is 7. The van der Waals surface area contributed by atoms with Crippen LogP contribution in [-0.4, -0.2) is 18.5 Å². The molecule has 30 heavy (non-hydrogen) atoms. The Kier molecular flexibility index (Phi) is 7.22. The largest absolute Gasteiger partial charge is 0.494 e. The second-order valence-corrected chi connectivity index (χ2v) is 6.35. The second-order valence-electron chi connectivity index (χ2n) is 6.35. The van der Waals surface area contributed by atoms with E-state index in [0.29, 0.717) is 23.7 Å². The second kappa shape index (κ2) is 10.5. The summed E-state index contributed by atoms with van der Waals surface area (Å²) >= 11 is 0. The molecule has 3 rings (SSSR count). The molecule has 3 amide bonds. The monoisotopic (exact) mass is 401 g/mol. The first-order valence-electron chi connectivity index (χ1n) is 9.57. The van der Waals surface area contributed by atoms with Gasteiger partial charge in [-0.05, 0) is 61.0 Å². The molecule has 0 spiro atoms. The van der Waals surface area contributed by atoms with Gasteiger partial charge in [0.2, 0.25) is 5.91 Å². The average Bonchev–Trinajstić information content (AvgIpc) is 2.74. The first kappa shape index (κ1) is 20.7. The Hall–Kier alpha value is -4.06. The van der Waals surface area contributed by atoms with Crippen LogP contribution in [0.5, 0.6) is 5.75 Å². The van der Waals surface area contributed by atoms with Crippen molar-refractivity contribution in [2.45, 2.75) is 6.92 Å². The molecule has 0 bridgehead atoms. The fourth-order valence-corrected chi connectivity index (χ4v) is 2.69. The molecular formula is C24H23N3O3. The molecule has 0 fully saturated rings. The molecule has 6 heteroatoms. The molecule has 0 aromatic heterocycles. The Bertz CT molecular complexity index is 1020. The first-order chi connectivity index (χ1) is 14.6. The zero-order chi connectivity index (χ0) is 21.2. The summed E-state index contributed by atoms with van der Waals surface area (Å²) in [6.45, 7) is 2.54. The molecule has 0 aliphatic rings. The van der Waals surface area contributed by atoms with Gasteiger partial charge in [0.1, 0.15) is 5.75 Å². The molecule has 0 saturated carbocycles. The fourth-order valence-electron chi connectivity index (χ4n) is 2.69. The van der Waals surface area contributed by atoms with Crippen LogP contribution < -0.4 is 20.7 Å². The highest BCUT2D eigenvalue weighted by molar-refractivity contribution is 6.03. The lowest BCUT2D eigenvalue weighted by Gasteiger charge is -2.09. The molecule has 6 nitrogen and oxygen atoms in total. The minimum atomic E-state index is -0.361. The van der Waals surface area contributed by atoms with E-state index in [4.69, 9.17) is 4.74 Å². The van der Waals surface area contributed by atoms with Gasteiger partial charge in [-0.15, -0.1) is 0 Å². The van der Waals surface area contributed by atoms with Gasteiger partial charge in [-0.25, -0.2) is 4.79 Å². The Morgan fingerprint density at radius 3 is 2.13 bits per heavy atom. The number of carbonyl (C=O) groups is 2. The van der Waals surface area contributed by atoms with E-state index in [0.717, 1.165) is 11.3 Å². The van der Waals surface area contributed by atoms with Crippen molar-refractivity contribution in [2.75, 3.05) is 22.6 Å². The van der Waals surface area contributed by atoms with Crippen LogP contribution in [0.1, 0.15) is 12.5 Å². The Labute approximate surface area is 175 Å². The Balaban J connectivity index is 1.55. The first-order valence-corrected chi connectivity index (χ1v) is 9.57. The third kappa shape index (κ3) is 6.53. The van der Waals surface area contributed by atoms with E-state index in [1.807, 2.05) is 49.4 Å². The fraction of sp³-hybridized carbons (Fsp3) is 0.0833. The van der Waals surface area contributed by atoms with E-state index < -0.39 is 0 Å². The standard InChI is InChI=1S/C24H23N3O3/c1-2-30-22-14-11-18(12-15-22)13-16-23(28)25-20-9-6-10-21(17-20)27-24(29)26-19-7-4-3-5-8-19/h3-17H,2H2,1H3,(H,25,28)(H2,26,27,29)/b16-13+. The SMILES string of the molecule is CCOc1ccc(/C=C/C(=O)Nc2cccc(NC(=O)Nc3ccccc3)c2)cc1. The van der Waals surface area contributed by atoms with E-state index in [9.17, 15) is 9.59 Å². The summed E-state index contributed by atoms with van der Waals surface area (Å²) < 4.78 is 5.40. The maximum atomic E-state index is 12.2. The number of anilines is 3. The lowest BCUT2D eigenvalue weighted by atomic mass is 10.2. The van der Waals surface area contributed by atoms with Gasteiger partial charge in [0.05, 0.1) is 6.61 Å². The molecule has 152 valence electrons. The number of carbonyl (C=O) groups excluding carboxylic acids is 2. The lowest BCUT2D eigenvalue weighted by molar-refractivity contribution is -0.111. The maximum absolute atomic E-state index is 12.2.